The summed E-state index contributed by atoms with van der Waals surface area (Å²) in [6.45, 7) is 5.28. The fraction of sp³-hybridized carbons (Fsp3) is 0.750. The number of carbonyl (C=O) groups is 1. The Morgan fingerprint density at radius 2 is 2.06 bits per heavy atom. The lowest BCUT2D eigenvalue weighted by Crippen LogP contribution is -2.35. The van der Waals surface area contributed by atoms with Crippen LogP contribution in [0.1, 0.15) is 20.8 Å². The predicted octanol–water partition coefficient (Wildman–Crippen LogP) is 2.37. The molecular weight excluding hydrogens is 228 g/mol. The maximum absolute atomic E-state index is 12.7. The average molecular weight is 245 g/mol. The zero-order chi connectivity index (χ0) is 13.2. The molecule has 0 radical (unpaired) electrons. The van der Waals surface area contributed by atoms with Crippen molar-refractivity contribution in [3.05, 3.63) is 0 Å². The minimum Gasteiger partial charge on any atom is -0.444 e. The van der Waals surface area contributed by atoms with Crippen molar-refractivity contribution in [1.29, 1.82) is 0 Å². The van der Waals surface area contributed by atoms with E-state index in [1.54, 1.807) is 20.8 Å². The second kappa shape index (κ2) is 4.91. The molecule has 0 N–H and O–H groups in total. The number of carbonyl (C=O) groups excluding carboxylic acids is 1. The van der Waals surface area contributed by atoms with Gasteiger partial charge in [-0.2, -0.15) is 0 Å². The van der Waals surface area contributed by atoms with E-state index in [4.69, 9.17) is 11.2 Å². The van der Waals surface area contributed by atoms with E-state index < -0.39 is 30.0 Å². The molecule has 3 nitrogen and oxygen atoms in total. The molecule has 1 aliphatic heterocycles. The van der Waals surface area contributed by atoms with E-state index in [2.05, 4.69) is 5.92 Å². The van der Waals surface area contributed by atoms with Gasteiger partial charge in [-0.15, -0.1) is 12.3 Å². The number of likely N-dealkylation sites (tertiary alicyclic amines) is 1. The van der Waals surface area contributed by atoms with Crippen LogP contribution < -0.4 is 0 Å². The Kier molecular flexibility index (Phi) is 3.97. The summed E-state index contributed by atoms with van der Waals surface area (Å²) in [5, 5.41) is 0. The minimum absolute atomic E-state index is 0.0402. The minimum atomic E-state index is -2.51. The largest absolute Gasteiger partial charge is 0.444 e. The molecule has 0 bridgehead atoms. The van der Waals surface area contributed by atoms with E-state index in [0.717, 1.165) is 0 Å². The van der Waals surface area contributed by atoms with Crippen LogP contribution in [-0.4, -0.2) is 36.1 Å². The molecule has 0 saturated carbocycles. The summed E-state index contributed by atoms with van der Waals surface area (Å²) >= 11 is 0. The summed E-state index contributed by atoms with van der Waals surface area (Å²) in [7, 11) is 0. The first-order chi connectivity index (χ1) is 7.74. The van der Waals surface area contributed by atoms with Crippen molar-refractivity contribution in [3.63, 3.8) is 0 Å². The number of rotatable bonds is 1. The van der Waals surface area contributed by atoms with Crippen LogP contribution in [0.3, 0.4) is 0 Å². The van der Waals surface area contributed by atoms with Gasteiger partial charge in [-0.25, -0.2) is 13.6 Å². The molecule has 0 aromatic heterocycles. The lowest BCUT2D eigenvalue weighted by Gasteiger charge is -2.24. The van der Waals surface area contributed by atoms with Crippen LogP contribution in [0.15, 0.2) is 0 Å². The van der Waals surface area contributed by atoms with E-state index in [0.29, 0.717) is 0 Å². The third-order valence-corrected chi connectivity index (χ3v) is 2.55. The van der Waals surface area contributed by atoms with Gasteiger partial charge in [-0.3, -0.25) is 0 Å². The third-order valence-electron chi connectivity index (χ3n) is 2.55. The number of hydrogen-bond donors (Lipinski definition) is 0. The maximum Gasteiger partial charge on any atom is 0.410 e. The molecule has 0 aromatic carbocycles. The van der Waals surface area contributed by atoms with Crippen LogP contribution in [0.2, 0.25) is 0 Å². The molecule has 96 valence electrons. The third kappa shape index (κ3) is 3.58. The summed E-state index contributed by atoms with van der Waals surface area (Å²) in [5.41, 5.74) is -0.633. The number of amides is 1. The van der Waals surface area contributed by atoms with Crippen molar-refractivity contribution in [3.8, 4) is 12.3 Å². The molecule has 5 heteroatoms. The Morgan fingerprint density at radius 1 is 1.47 bits per heavy atom. The fourth-order valence-corrected chi connectivity index (χ4v) is 1.74. The first-order valence-corrected chi connectivity index (χ1v) is 5.47. The highest BCUT2D eigenvalue weighted by Crippen LogP contribution is 2.29. The van der Waals surface area contributed by atoms with Gasteiger partial charge < -0.3 is 9.64 Å². The topological polar surface area (TPSA) is 29.5 Å². The van der Waals surface area contributed by atoms with Crippen LogP contribution in [0.4, 0.5) is 13.6 Å². The number of alkyl halides is 2. The van der Waals surface area contributed by atoms with Gasteiger partial charge in [-0.05, 0) is 20.8 Å². The van der Waals surface area contributed by atoms with Crippen molar-refractivity contribution in [2.24, 2.45) is 11.8 Å². The number of ether oxygens (including phenoxy) is 1. The van der Waals surface area contributed by atoms with E-state index in [1.807, 2.05) is 0 Å². The fourth-order valence-electron chi connectivity index (χ4n) is 1.74. The van der Waals surface area contributed by atoms with Gasteiger partial charge in [0.1, 0.15) is 5.60 Å². The summed E-state index contributed by atoms with van der Waals surface area (Å²) in [4.78, 5) is 12.9. The smallest absolute Gasteiger partial charge is 0.410 e. The van der Waals surface area contributed by atoms with Crippen LogP contribution in [-0.2, 0) is 4.74 Å². The zero-order valence-electron chi connectivity index (χ0n) is 10.2. The molecule has 1 saturated heterocycles. The van der Waals surface area contributed by atoms with Gasteiger partial charge in [0.05, 0.1) is 5.92 Å². The molecule has 1 amide bonds. The molecule has 17 heavy (non-hydrogen) atoms. The maximum atomic E-state index is 12.7. The second-order valence-electron chi connectivity index (χ2n) is 5.16. The van der Waals surface area contributed by atoms with Crippen molar-refractivity contribution in [2.75, 3.05) is 13.1 Å². The standard InChI is InChI=1S/C12H17F2NO2/c1-5-8-6-15(7-9(8)10(13)14)11(16)17-12(2,3)4/h1,8-10H,6-7H2,2-4H3/t8-,9-/m1/s1. The molecule has 1 fully saturated rings. The Hall–Kier alpha value is -1.31. The van der Waals surface area contributed by atoms with Gasteiger partial charge in [0.2, 0.25) is 6.43 Å². The lowest BCUT2D eigenvalue weighted by atomic mass is 9.98. The molecule has 1 heterocycles. The monoisotopic (exact) mass is 245 g/mol. The van der Waals surface area contributed by atoms with Gasteiger partial charge in [0.15, 0.2) is 0 Å². The Balaban J connectivity index is 2.65. The molecule has 1 rings (SSSR count). The first kappa shape index (κ1) is 13.8. The van der Waals surface area contributed by atoms with Gasteiger partial charge in [0, 0.05) is 19.0 Å². The Labute approximate surface area is 100 Å². The molecule has 0 aromatic rings. The van der Waals surface area contributed by atoms with E-state index in [9.17, 15) is 13.6 Å². The molecule has 1 aliphatic rings. The highest BCUT2D eigenvalue weighted by molar-refractivity contribution is 5.68. The molecular formula is C12H17F2NO2. The molecule has 0 unspecified atom stereocenters. The number of terminal acetylenes is 1. The van der Waals surface area contributed by atoms with Crippen molar-refractivity contribution in [1.82, 2.24) is 4.90 Å². The average Bonchev–Trinajstić information content (AvgIpc) is 2.58. The van der Waals surface area contributed by atoms with Crippen LogP contribution in [0.25, 0.3) is 0 Å². The van der Waals surface area contributed by atoms with Crippen molar-refractivity contribution < 1.29 is 18.3 Å². The van der Waals surface area contributed by atoms with Crippen LogP contribution >= 0.6 is 0 Å². The van der Waals surface area contributed by atoms with Crippen LogP contribution in [0, 0.1) is 24.2 Å². The lowest BCUT2D eigenvalue weighted by molar-refractivity contribution is 0.0254. The summed E-state index contributed by atoms with van der Waals surface area (Å²) in [6, 6.07) is 0. The summed E-state index contributed by atoms with van der Waals surface area (Å²) < 4.78 is 30.5. The second-order valence-corrected chi connectivity index (χ2v) is 5.16. The summed E-state index contributed by atoms with van der Waals surface area (Å²) in [6.07, 6.45) is 2.10. The van der Waals surface area contributed by atoms with Gasteiger partial charge in [-0.1, -0.05) is 0 Å². The highest BCUT2D eigenvalue weighted by atomic mass is 19.3. The molecule has 2 atom stereocenters. The van der Waals surface area contributed by atoms with E-state index in [-0.39, 0.29) is 13.1 Å². The predicted molar refractivity (Wildman–Crippen MR) is 59.6 cm³/mol. The normalized spacial score (nSPS) is 24.9. The molecule has 0 aliphatic carbocycles. The number of nitrogens with zero attached hydrogens (tertiary/aromatic N) is 1. The number of hydrogen-bond acceptors (Lipinski definition) is 2. The van der Waals surface area contributed by atoms with E-state index in [1.165, 1.54) is 4.90 Å². The zero-order valence-corrected chi connectivity index (χ0v) is 10.2. The SMILES string of the molecule is C#C[C@@H]1CN(C(=O)OC(C)(C)C)C[C@H]1C(F)F. The van der Waals surface area contributed by atoms with Crippen LogP contribution in [0.5, 0.6) is 0 Å². The van der Waals surface area contributed by atoms with E-state index >= 15 is 0 Å². The van der Waals surface area contributed by atoms with Gasteiger partial charge >= 0.3 is 6.09 Å². The molecule has 0 spiro atoms. The first-order valence-electron chi connectivity index (χ1n) is 5.47. The highest BCUT2D eigenvalue weighted by Gasteiger charge is 2.40. The van der Waals surface area contributed by atoms with Gasteiger partial charge in [0.25, 0.3) is 0 Å². The van der Waals surface area contributed by atoms with Crippen molar-refractivity contribution >= 4 is 6.09 Å². The Morgan fingerprint density at radius 3 is 2.41 bits per heavy atom. The number of halogens is 2. The summed E-state index contributed by atoms with van der Waals surface area (Å²) in [5.74, 6) is 0.767. The Bertz CT molecular complexity index is 330. The van der Waals surface area contributed by atoms with Crippen molar-refractivity contribution in [2.45, 2.75) is 32.8 Å². The quantitative estimate of drug-likeness (QED) is 0.664.